The molecule has 13 nitrogen and oxygen atoms in total. The van der Waals surface area contributed by atoms with Crippen LogP contribution in [-0.4, -0.2) is 70.5 Å². The van der Waals surface area contributed by atoms with Gasteiger partial charge in [0.1, 0.15) is 12.1 Å². The summed E-state index contributed by atoms with van der Waals surface area (Å²) in [6.07, 6.45) is -1.15. The Bertz CT molecular complexity index is 667. The normalized spacial score (nSPS) is 13.6. The molecule has 0 aliphatic heterocycles. The quantitative estimate of drug-likeness (QED) is 0.151. The topological polar surface area (TPSA) is 231 Å². The van der Waals surface area contributed by atoms with Crippen molar-refractivity contribution >= 4 is 35.6 Å². The molecule has 13 heteroatoms. The van der Waals surface area contributed by atoms with Gasteiger partial charge < -0.3 is 37.6 Å². The minimum absolute atomic E-state index is 0.227. The molecule has 0 aromatic carbocycles. The third-order valence-corrected chi connectivity index (χ3v) is 4.04. The molecule has 0 aliphatic carbocycles. The highest BCUT2D eigenvalue weighted by Crippen LogP contribution is 2.03. The van der Waals surface area contributed by atoms with Crippen LogP contribution in [0.3, 0.4) is 0 Å². The average Bonchev–Trinajstić information content (AvgIpc) is 2.64. The molecule has 0 heterocycles. The third kappa shape index (κ3) is 10.9. The van der Waals surface area contributed by atoms with Crippen LogP contribution in [0.1, 0.15) is 39.5 Å². The van der Waals surface area contributed by atoms with Crippen LogP contribution in [0.15, 0.2) is 0 Å². The van der Waals surface area contributed by atoms with Crippen LogP contribution in [-0.2, 0) is 28.8 Å². The molecule has 0 saturated heterocycles. The van der Waals surface area contributed by atoms with Crippen LogP contribution in [0.25, 0.3) is 0 Å². The molecule has 0 radical (unpaired) electrons. The lowest BCUT2D eigenvalue weighted by Gasteiger charge is -2.22. The summed E-state index contributed by atoms with van der Waals surface area (Å²) in [6.45, 7) is 2.75. The molecule has 0 aliphatic rings. The van der Waals surface area contributed by atoms with Crippen molar-refractivity contribution in [2.45, 2.75) is 57.7 Å². The van der Waals surface area contributed by atoms with E-state index in [2.05, 4.69) is 16.0 Å². The summed E-state index contributed by atoms with van der Waals surface area (Å²) < 4.78 is 0. The molecular weight excluding hydrogens is 402 g/mol. The van der Waals surface area contributed by atoms with Gasteiger partial charge in [-0.25, -0.2) is 4.79 Å². The van der Waals surface area contributed by atoms with Gasteiger partial charge in [0.15, 0.2) is 0 Å². The number of aliphatic carboxylic acids is 2. The minimum atomic E-state index is -1.38. The van der Waals surface area contributed by atoms with E-state index >= 15 is 0 Å². The molecule has 9 N–H and O–H groups in total. The first-order chi connectivity index (χ1) is 13.8. The summed E-state index contributed by atoms with van der Waals surface area (Å²) in [7, 11) is 0. The lowest BCUT2D eigenvalue weighted by atomic mass is 10.0. The van der Waals surface area contributed by atoms with E-state index in [-0.39, 0.29) is 25.2 Å². The molecule has 0 aromatic heterocycles. The van der Waals surface area contributed by atoms with Gasteiger partial charge in [-0.3, -0.25) is 24.0 Å². The van der Waals surface area contributed by atoms with Gasteiger partial charge in [0.25, 0.3) is 0 Å². The Morgan fingerprint density at radius 1 is 0.867 bits per heavy atom. The van der Waals surface area contributed by atoms with Gasteiger partial charge in [0, 0.05) is 12.8 Å². The molecule has 30 heavy (non-hydrogen) atoms. The standard InChI is InChI=1S/C17H29N5O8/c1-8(2)14(19)16(28)22-9(4-6-13(25)26)15(27)20-7-12(24)21-10(17(29)30)3-5-11(18)23/h8-10,14H,3-7,19H2,1-2H3,(H2,18,23)(H,20,27)(H,21,24)(H,22,28)(H,25,26)(H,29,30). The Labute approximate surface area is 172 Å². The van der Waals surface area contributed by atoms with Crippen LogP contribution in [0.4, 0.5) is 0 Å². The predicted molar refractivity (Wildman–Crippen MR) is 103 cm³/mol. The fourth-order valence-electron chi connectivity index (χ4n) is 2.19. The first-order valence-corrected chi connectivity index (χ1v) is 9.21. The van der Waals surface area contributed by atoms with Gasteiger partial charge in [0.05, 0.1) is 12.6 Å². The fourth-order valence-corrected chi connectivity index (χ4v) is 2.19. The molecule has 0 spiro atoms. The van der Waals surface area contributed by atoms with E-state index in [1.165, 1.54) is 0 Å². The maximum absolute atomic E-state index is 12.3. The van der Waals surface area contributed by atoms with Crippen molar-refractivity contribution in [3.05, 3.63) is 0 Å². The zero-order valence-corrected chi connectivity index (χ0v) is 16.8. The second-order valence-electron chi connectivity index (χ2n) is 6.94. The van der Waals surface area contributed by atoms with E-state index < -0.39 is 66.7 Å². The zero-order chi connectivity index (χ0) is 23.4. The SMILES string of the molecule is CC(C)C(N)C(=O)NC(CCC(=O)O)C(=O)NCC(=O)NC(CCC(N)=O)C(=O)O. The second-order valence-corrected chi connectivity index (χ2v) is 6.94. The highest BCUT2D eigenvalue weighted by atomic mass is 16.4. The Morgan fingerprint density at radius 2 is 1.43 bits per heavy atom. The first kappa shape index (κ1) is 26.8. The molecule has 170 valence electrons. The second kappa shape index (κ2) is 13.1. The van der Waals surface area contributed by atoms with E-state index in [0.717, 1.165) is 0 Å². The maximum atomic E-state index is 12.3. The van der Waals surface area contributed by atoms with Crippen LogP contribution in [0, 0.1) is 5.92 Å². The van der Waals surface area contributed by atoms with Crippen LogP contribution < -0.4 is 27.4 Å². The van der Waals surface area contributed by atoms with Crippen LogP contribution >= 0.6 is 0 Å². The Morgan fingerprint density at radius 3 is 1.90 bits per heavy atom. The summed E-state index contributed by atoms with van der Waals surface area (Å²) in [4.78, 5) is 69.0. The number of primary amides is 1. The van der Waals surface area contributed by atoms with Gasteiger partial charge in [-0.05, 0) is 18.8 Å². The number of hydrogen-bond donors (Lipinski definition) is 7. The molecule has 0 aromatic rings. The van der Waals surface area contributed by atoms with Crippen molar-refractivity contribution < 1.29 is 39.0 Å². The average molecular weight is 431 g/mol. The van der Waals surface area contributed by atoms with E-state index in [1.54, 1.807) is 13.8 Å². The van der Waals surface area contributed by atoms with E-state index in [0.29, 0.717) is 0 Å². The van der Waals surface area contributed by atoms with Crippen molar-refractivity contribution in [2.75, 3.05) is 6.54 Å². The number of carboxylic acid groups (broad SMARTS) is 2. The molecule has 4 amide bonds. The Balaban J connectivity index is 4.89. The summed E-state index contributed by atoms with van der Waals surface area (Å²) in [5.41, 5.74) is 10.7. The summed E-state index contributed by atoms with van der Waals surface area (Å²) >= 11 is 0. The maximum Gasteiger partial charge on any atom is 0.326 e. The molecule has 3 atom stereocenters. The van der Waals surface area contributed by atoms with E-state index in [9.17, 15) is 28.8 Å². The number of hydrogen-bond acceptors (Lipinski definition) is 7. The van der Waals surface area contributed by atoms with Crippen molar-refractivity contribution in [2.24, 2.45) is 17.4 Å². The number of nitrogens with one attached hydrogen (secondary N) is 3. The van der Waals surface area contributed by atoms with Crippen molar-refractivity contribution in [1.29, 1.82) is 0 Å². The number of rotatable bonds is 14. The molecule has 0 rings (SSSR count). The van der Waals surface area contributed by atoms with Crippen molar-refractivity contribution in [3.63, 3.8) is 0 Å². The van der Waals surface area contributed by atoms with E-state index in [4.69, 9.17) is 21.7 Å². The predicted octanol–water partition coefficient (Wildman–Crippen LogP) is -2.73. The number of nitrogens with two attached hydrogens (primary N) is 2. The summed E-state index contributed by atoms with van der Waals surface area (Å²) in [5.74, 6) is -5.89. The van der Waals surface area contributed by atoms with Gasteiger partial charge in [-0.1, -0.05) is 13.8 Å². The van der Waals surface area contributed by atoms with Crippen molar-refractivity contribution in [3.8, 4) is 0 Å². The number of carboxylic acids is 2. The fraction of sp³-hybridized carbons (Fsp3) is 0.647. The third-order valence-electron chi connectivity index (χ3n) is 4.04. The number of amides is 4. The Kier molecular flexibility index (Phi) is 11.7. The van der Waals surface area contributed by atoms with Crippen LogP contribution in [0.5, 0.6) is 0 Å². The molecule has 0 fully saturated rings. The lowest BCUT2D eigenvalue weighted by molar-refractivity contribution is -0.142. The summed E-state index contributed by atoms with van der Waals surface area (Å²) in [6, 6.07) is -3.56. The number of carbonyl (C=O) groups excluding carboxylic acids is 4. The molecular formula is C17H29N5O8. The smallest absolute Gasteiger partial charge is 0.326 e. The van der Waals surface area contributed by atoms with Gasteiger partial charge in [0.2, 0.25) is 23.6 Å². The Hall–Kier alpha value is -3.22. The molecule has 3 unspecified atom stereocenters. The lowest BCUT2D eigenvalue weighted by Crippen LogP contribution is -2.54. The van der Waals surface area contributed by atoms with Crippen LogP contribution in [0.2, 0.25) is 0 Å². The first-order valence-electron chi connectivity index (χ1n) is 9.21. The van der Waals surface area contributed by atoms with Gasteiger partial charge in [-0.2, -0.15) is 0 Å². The van der Waals surface area contributed by atoms with Gasteiger partial charge in [-0.15, -0.1) is 0 Å². The monoisotopic (exact) mass is 431 g/mol. The largest absolute Gasteiger partial charge is 0.481 e. The van der Waals surface area contributed by atoms with Crippen molar-refractivity contribution in [1.82, 2.24) is 16.0 Å². The molecule has 0 bridgehead atoms. The summed E-state index contributed by atoms with van der Waals surface area (Å²) in [5, 5.41) is 24.5. The van der Waals surface area contributed by atoms with Gasteiger partial charge >= 0.3 is 11.9 Å². The molecule has 0 saturated carbocycles. The zero-order valence-electron chi connectivity index (χ0n) is 16.8. The highest BCUT2D eigenvalue weighted by Gasteiger charge is 2.26. The van der Waals surface area contributed by atoms with E-state index in [1.807, 2.05) is 0 Å². The highest BCUT2D eigenvalue weighted by molar-refractivity contribution is 5.93. The minimum Gasteiger partial charge on any atom is -0.481 e. The number of carbonyl (C=O) groups is 6.